The quantitative estimate of drug-likeness (QED) is 0.531. The smallest absolute Gasteiger partial charge is 0.229 e. The average Bonchev–Trinajstić information content (AvgIpc) is 2.23. The van der Waals surface area contributed by atoms with Crippen LogP contribution in [0.5, 0.6) is 0 Å². The summed E-state index contributed by atoms with van der Waals surface area (Å²) in [5.74, 6) is -0.318. The highest BCUT2D eigenvalue weighted by atomic mass is 35.5. The van der Waals surface area contributed by atoms with Gasteiger partial charge in [0.15, 0.2) is 0 Å². The third-order valence-corrected chi connectivity index (χ3v) is 4.36. The van der Waals surface area contributed by atoms with E-state index < -0.39 is 0 Å². The number of fused-ring (bicyclic) bond motifs is 1. The first kappa shape index (κ1) is 12.5. The van der Waals surface area contributed by atoms with Gasteiger partial charge in [-0.3, -0.25) is 4.79 Å². The highest BCUT2D eigenvalue weighted by Crippen LogP contribution is 2.46. The topological polar surface area (TPSA) is 17.1 Å². The van der Waals surface area contributed by atoms with E-state index in [0.717, 1.165) is 11.1 Å². The zero-order valence-electron chi connectivity index (χ0n) is 8.14. The Bertz CT molecular complexity index is 444. The average molecular weight is 298 g/mol. The van der Waals surface area contributed by atoms with Crippen LogP contribution in [-0.4, -0.2) is 5.24 Å². The molecule has 0 bridgehead atoms. The Kier molecular flexibility index (Phi) is 3.70. The first-order valence-electron chi connectivity index (χ1n) is 4.83. The van der Waals surface area contributed by atoms with Crippen LogP contribution in [0.15, 0.2) is 12.1 Å². The molecule has 0 aromatic heterocycles. The van der Waals surface area contributed by atoms with Crippen molar-refractivity contribution in [2.75, 3.05) is 0 Å². The molecule has 0 amide bonds. The summed E-state index contributed by atoms with van der Waals surface area (Å²) in [4.78, 5) is 11.3. The fraction of sp³-hybridized carbons (Fsp3) is 0.364. The molecular weight excluding hydrogens is 290 g/mol. The van der Waals surface area contributed by atoms with Crippen molar-refractivity contribution in [1.29, 1.82) is 0 Å². The Morgan fingerprint density at radius 1 is 1.25 bits per heavy atom. The minimum atomic E-state index is -0.372. The molecule has 1 aromatic carbocycles. The van der Waals surface area contributed by atoms with Crippen LogP contribution in [-0.2, 0) is 4.79 Å². The fourth-order valence-corrected chi connectivity index (χ4v) is 3.16. The minimum Gasteiger partial charge on any atom is -0.281 e. The van der Waals surface area contributed by atoms with Crippen molar-refractivity contribution < 1.29 is 4.79 Å². The molecular formula is C11H8Cl4O. The van der Waals surface area contributed by atoms with E-state index in [0.29, 0.717) is 22.9 Å². The van der Waals surface area contributed by atoms with Crippen molar-refractivity contribution in [2.45, 2.75) is 24.1 Å². The number of hydrogen-bond donors (Lipinski definition) is 0. The predicted octanol–water partition coefficient (Wildman–Crippen LogP) is 4.92. The minimum absolute atomic E-state index is 0.200. The zero-order valence-corrected chi connectivity index (χ0v) is 11.2. The van der Waals surface area contributed by atoms with Crippen LogP contribution in [0.2, 0.25) is 10.0 Å². The van der Waals surface area contributed by atoms with Crippen molar-refractivity contribution in [3.63, 3.8) is 0 Å². The molecule has 5 heteroatoms. The lowest BCUT2D eigenvalue weighted by Crippen LogP contribution is -2.16. The first-order chi connectivity index (χ1) is 7.52. The summed E-state index contributed by atoms with van der Waals surface area (Å²) < 4.78 is 0. The molecule has 1 nitrogen and oxygen atoms in total. The molecule has 16 heavy (non-hydrogen) atoms. The molecule has 0 heterocycles. The molecule has 86 valence electrons. The van der Waals surface area contributed by atoms with E-state index in [1.165, 1.54) is 0 Å². The fourth-order valence-electron chi connectivity index (χ4n) is 2.05. The largest absolute Gasteiger partial charge is 0.281 e. The third-order valence-electron chi connectivity index (χ3n) is 2.84. The maximum absolute atomic E-state index is 11.3. The third kappa shape index (κ3) is 2.06. The highest BCUT2D eigenvalue weighted by molar-refractivity contribution is 6.64. The number of halogens is 4. The summed E-state index contributed by atoms with van der Waals surface area (Å²) in [6.45, 7) is 0. The second kappa shape index (κ2) is 4.73. The summed E-state index contributed by atoms with van der Waals surface area (Å²) in [5, 5.41) is 0.312. The second-order valence-corrected chi connectivity index (χ2v) is 5.45. The summed E-state index contributed by atoms with van der Waals surface area (Å²) in [6.07, 6.45) is 1.33. The molecule has 0 spiro atoms. The van der Waals surface area contributed by atoms with Crippen molar-refractivity contribution >= 4 is 51.6 Å². The van der Waals surface area contributed by atoms with E-state index in [9.17, 15) is 4.79 Å². The lowest BCUT2D eigenvalue weighted by Gasteiger charge is -2.27. The molecule has 1 aromatic rings. The van der Waals surface area contributed by atoms with Crippen LogP contribution in [0, 0.1) is 0 Å². The number of hydrogen-bond acceptors (Lipinski definition) is 1. The van der Waals surface area contributed by atoms with E-state index in [1.807, 2.05) is 0 Å². The van der Waals surface area contributed by atoms with Crippen LogP contribution in [0.25, 0.3) is 0 Å². The lowest BCUT2D eigenvalue weighted by molar-refractivity contribution is -0.113. The van der Waals surface area contributed by atoms with Crippen molar-refractivity contribution in [3.8, 4) is 0 Å². The summed E-state index contributed by atoms with van der Waals surface area (Å²) in [6, 6.07) is 3.45. The van der Waals surface area contributed by atoms with Crippen LogP contribution < -0.4 is 0 Å². The van der Waals surface area contributed by atoms with E-state index in [1.54, 1.807) is 12.1 Å². The van der Waals surface area contributed by atoms with Gasteiger partial charge in [-0.2, -0.15) is 0 Å². The lowest BCUT2D eigenvalue weighted by atomic mass is 9.83. The van der Waals surface area contributed by atoms with Gasteiger partial charge < -0.3 is 0 Å². The molecule has 2 atom stereocenters. The molecule has 2 rings (SSSR count). The number of rotatable bonds is 1. The van der Waals surface area contributed by atoms with Crippen LogP contribution in [0.4, 0.5) is 0 Å². The van der Waals surface area contributed by atoms with Crippen LogP contribution in [0.3, 0.4) is 0 Å². The summed E-state index contributed by atoms with van der Waals surface area (Å²) in [5.41, 5.74) is 1.56. The number of carbonyl (C=O) groups is 1. The van der Waals surface area contributed by atoms with Gasteiger partial charge in [0.25, 0.3) is 0 Å². The predicted molar refractivity (Wildman–Crippen MR) is 67.9 cm³/mol. The second-order valence-electron chi connectivity index (χ2n) is 3.77. The highest BCUT2D eigenvalue weighted by Gasteiger charge is 2.32. The maximum Gasteiger partial charge on any atom is 0.229 e. The molecule has 1 aliphatic rings. The standard InChI is InChI=1S/C11H8Cl4O/c12-7-3-2-6(11(15)16)5-1-4-8(13)10(14)9(5)7/h1,4,6-7H,2-3H2. The normalized spacial score (nSPS) is 24.0. The molecule has 0 saturated heterocycles. The van der Waals surface area contributed by atoms with E-state index in [2.05, 4.69) is 0 Å². The number of alkyl halides is 1. The first-order valence-corrected chi connectivity index (χ1v) is 6.40. The van der Waals surface area contributed by atoms with Gasteiger partial charge in [0.05, 0.1) is 21.3 Å². The molecule has 0 radical (unpaired) electrons. The molecule has 0 aliphatic heterocycles. The van der Waals surface area contributed by atoms with Gasteiger partial charge in [-0.25, -0.2) is 0 Å². The Hall–Kier alpha value is 0.0500. The van der Waals surface area contributed by atoms with Crippen molar-refractivity contribution in [1.82, 2.24) is 0 Å². The van der Waals surface area contributed by atoms with Gasteiger partial charge in [-0.1, -0.05) is 29.3 Å². The maximum atomic E-state index is 11.3. The van der Waals surface area contributed by atoms with E-state index in [-0.39, 0.29) is 16.5 Å². The van der Waals surface area contributed by atoms with Gasteiger partial charge in [0, 0.05) is 0 Å². The number of benzene rings is 1. The Balaban J connectivity index is 2.60. The molecule has 2 unspecified atom stereocenters. The molecule has 0 saturated carbocycles. The molecule has 0 fully saturated rings. The molecule has 0 N–H and O–H groups in total. The van der Waals surface area contributed by atoms with Gasteiger partial charge in [0.1, 0.15) is 0 Å². The Morgan fingerprint density at radius 3 is 2.56 bits per heavy atom. The van der Waals surface area contributed by atoms with Gasteiger partial charge >= 0.3 is 0 Å². The van der Waals surface area contributed by atoms with E-state index >= 15 is 0 Å². The van der Waals surface area contributed by atoms with Gasteiger partial charge in [-0.05, 0) is 41.6 Å². The summed E-state index contributed by atoms with van der Waals surface area (Å²) in [7, 11) is 0. The Labute approximate surface area is 114 Å². The van der Waals surface area contributed by atoms with Crippen LogP contribution >= 0.6 is 46.4 Å². The summed E-state index contributed by atoms with van der Waals surface area (Å²) >= 11 is 23.8. The van der Waals surface area contributed by atoms with Crippen molar-refractivity contribution in [3.05, 3.63) is 33.3 Å². The number of carbonyl (C=O) groups excluding carboxylic acids is 1. The van der Waals surface area contributed by atoms with Gasteiger partial charge in [-0.15, -0.1) is 11.6 Å². The zero-order chi connectivity index (χ0) is 11.9. The Morgan fingerprint density at radius 2 is 1.94 bits per heavy atom. The van der Waals surface area contributed by atoms with Crippen LogP contribution in [0.1, 0.15) is 35.3 Å². The van der Waals surface area contributed by atoms with Crippen molar-refractivity contribution in [2.24, 2.45) is 0 Å². The van der Waals surface area contributed by atoms with E-state index in [4.69, 9.17) is 46.4 Å². The SMILES string of the molecule is O=C(Cl)C1CCC(Cl)c2c1ccc(Cl)c2Cl. The molecule has 1 aliphatic carbocycles. The monoisotopic (exact) mass is 296 g/mol. The van der Waals surface area contributed by atoms with Gasteiger partial charge in [0.2, 0.25) is 5.24 Å².